The lowest BCUT2D eigenvalue weighted by Gasteiger charge is -2.14. The van der Waals surface area contributed by atoms with Gasteiger partial charge in [0, 0.05) is 5.39 Å². The molecule has 0 N–H and O–H groups in total. The maximum absolute atomic E-state index is 12.3. The van der Waals surface area contributed by atoms with E-state index in [1.165, 1.54) is 0 Å². The van der Waals surface area contributed by atoms with Crippen LogP contribution in [0.25, 0.3) is 22.1 Å². The summed E-state index contributed by atoms with van der Waals surface area (Å²) in [6, 6.07) is 15.6. The molecule has 2 aromatic carbocycles. The topological polar surface area (TPSA) is 53.3 Å². The summed E-state index contributed by atoms with van der Waals surface area (Å²) in [5, 5.41) is 12.7. The summed E-state index contributed by atoms with van der Waals surface area (Å²) in [6.07, 6.45) is 0. The van der Waals surface area contributed by atoms with Gasteiger partial charge in [-0.25, -0.2) is 4.79 Å². The zero-order valence-corrected chi connectivity index (χ0v) is 9.42. The number of para-hydroxylation sites is 1. The van der Waals surface area contributed by atoms with E-state index in [-0.39, 0.29) is 11.3 Å². The minimum Gasteiger partial charge on any atom is -0.871 e. The lowest BCUT2D eigenvalue weighted by molar-refractivity contribution is -0.265. The predicted octanol–water partition coefficient (Wildman–Crippen LogP) is 2.53. The molecular weight excluding hydrogens is 228 g/mol. The largest absolute Gasteiger partial charge is 0.871 e. The summed E-state index contributed by atoms with van der Waals surface area (Å²) in [4.78, 5) is 11.9. The van der Waals surface area contributed by atoms with Gasteiger partial charge in [0.25, 0.3) is 0 Å². The van der Waals surface area contributed by atoms with Crippen LogP contribution in [0.1, 0.15) is 0 Å². The van der Waals surface area contributed by atoms with E-state index >= 15 is 0 Å². The second-order valence-electron chi connectivity index (χ2n) is 3.96. The highest BCUT2D eigenvalue weighted by atomic mass is 16.4. The van der Waals surface area contributed by atoms with E-state index in [9.17, 15) is 9.90 Å². The van der Waals surface area contributed by atoms with Crippen LogP contribution in [0.2, 0.25) is 0 Å². The van der Waals surface area contributed by atoms with Crippen LogP contribution in [0.3, 0.4) is 0 Å². The van der Waals surface area contributed by atoms with Crippen molar-refractivity contribution in [1.29, 1.82) is 0 Å². The molecule has 0 spiro atoms. The Bertz CT molecular complexity index is 758. The normalized spacial score (nSPS) is 10.7. The van der Waals surface area contributed by atoms with E-state index in [0.29, 0.717) is 16.5 Å². The number of hydrogen-bond acceptors (Lipinski definition) is 3. The molecule has 3 aromatic rings. The zero-order valence-electron chi connectivity index (χ0n) is 9.42. The second-order valence-corrected chi connectivity index (χ2v) is 3.96. The SMILES string of the molecule is O=c1oc2ccccc2c([O-])c1-c1ccccc1. The van der Waals surface area contributed by atoms with Gasteiger partial charge in [-0.15, -0.1) is 0 Å². The monoisotopic (exact) mass is 237 g/mol. The van der Waals surface area contributed by atoms with E-state index in [1.807, 2.05) is 6.07 Å². The zero-order chi connectivity index (χ0) is 12.5. The number of benzene rings is 2. The fourth-order valence-corrected chi connectivity index (χ4v) is 1.98. The first-order valence-electron chi connectivity index (χ1n) is 5.55. The van der Waals surface area contributed by atoms with Gasteiger partial charge < -0.3 is 9.52 Å². The first-order valence-corrected chi connectivity index (χ1v) is 5.55. The van der Waals surface area contributed by atoms with Gasteiger partial charge in [-0.1, -0.05) is 54.3 Å². The van der Waals surface area contributed by atoms with Crippen LogP contribution < -0.4 is 10.7 Å². The van der Waals surface area contributed by atoms with Crippen molar-refractivity contribution in [2.45, 2.75) is 0 Å². The fourth-order valence-electron chi connectivity index (χ4n) is 1.98. The summed E-state index contributed by atoms with van der Waals surface area (Å²) in [5.41, 5.74) is 0.411. The Kier molecular flexibility index (Phi) is 2.38. The van der Waals surface area contributed by atoms with Gasteiger partial charge in [-0.2, -0.15) is 0 Å². The van der Waals surface area contributed by atoms with Crippen molar-refractivity contribution < 1.29 is 9.52 Å². The lowest BCUT2D eigenvalue weighted by atomic mass is 10.0. The smallest absolute Gasteiger partial charge is 0.343 e. The summed E-state index contributed by atoms with van der Waals surface area (Å²) in [6.45, 7) is 0. The van der Waals surface area contributed by atoms with Crippen LogP contribution >= 0.6 is 0 Å². The summed E-state index contributed by atoms with van der Waals surface area (Å²) in [7, 11) is 0. The molecule has 0 unspecified atom stereocenters. The Morgan fingerprint density at radius 3 is 2.33 bits per heavy atom. The molecule has 1 heterocycles. The highest BCUT2D eigenvalue weighted by Crippen LogP contribution is 2.30. The third-order valence-corrected chi connectivity index (χ3v) is 2.83. The molecule has 0 saturated carbocycles. The average Bonchev–Trinajstić information content (AvgIpc) is 2.40. The molecule has 18 heavy (non-hydrogen) atoms. The Morgan fingerprint density at radius 1 is 0.889 bits per heavy atom. The third kappa shape index (κ3) is 1.57. The van der Waals surface area contributed by atoms with Crippen molar-refractivity contribution >= 4 is 11.0 Å². The van der Waals surface area contributed by atoms with E-state index in [2.05, 4.69) is 0 Å². The van der Waals surface area contributed by atoms with Gasteiger partial charge in [0.05, 0.1) is 5.56 Å². The Balaban J connectivity index is 2.41. The standard InChI is InChI=1S/C15H10O3/c16-14-11-8-4-5-9-12(11)18-15(17)13(14)10-6-2-1-3-7-10/h1-9,16H/p-1. The van der Waals surface area contributed by atoms with Crippen molar-refractivity contribution in [3.05, 3.63) is 65.0 Å². The Labute approximate surface area is 103 Å². The predicted molar refractivity (Wildman–Crippen MR) is 67.4 cm³/mol. The van der Waals surface area contributed by atoms with Crippen LogP contribution in [0.5, 0.6) is 5.75 Å². The molecule has 0 bridgehead atoms. The highest BCUT2D eigenvalue weighted by Gasteiger charge is 2.09. The van der Waals surface area contributed by atoms with E-state index in [4.69, 9.17) is 4.42 Å². The lowest BCUT2D eigenvalue weighted by Crippen LogP contribution is -2.08. The molecule has 0 amide bonds. The van der Waals surface area contributed by atoms with E-state index in [1.54, 1.807) is 48.5 Å². The molecule has 88 valence electrons. The minimum absolute atomic E-state index is 0.0919. The maximum Gasteiger partial charge on any atom is 0.343 e. The molecule has 0 atom stereocenters. The molecule has 0 saturated heterocycles. The molecule has 0 aliphatic rings. The van der Waals surface area contributed by atoms with Gasteiger partial charge in [0.1, 0.15) is 5.58 Å². The van der Waals surface area contributed by atoms with Crippen molar-refractivity contribution in [2.24, 2.45) is 0 Å². The average molecular weight is 237 g/mol. The van der Waals surface area contributed by atoms with E-state index < -0.39 is 5.63 Å². The van der Waals surface area contributed by atoms with E-state index in [0.717, 1.165) is 0 Å². The fraction of sp³-hybridized carbons (Fsp3) is 0. The quantitative estimate of drug-likeness (QED) is 0.611. The molecular formula is C15H9O3-. The number of hydrogen-bond donors (Lipinski definition) is 0. The van der Waals surface area contributed by atoms with Crippen LogP contribution in [0.15, 0.2) is 63.8 Å². The van der Waals surface area contributed by atoms with Gasteiger partial charge in [0.2, 0.25) is 0 Å². The first-order chi connectivity index (χ1) is 8.77. The van der Waals surface area contributed by atoms with Crippen LogP contribution in [0.4, 0.5) is 0 Å². The van der Waals surface area contributed by atoms with Gasteiger partial charge in [-0.05, 0) is 11.6 Å². The Morgan fingerprint density at radius 2 is 1.56 bits per heavy atom. The maximum atomic E-state index is 12.3. The molecule has 1 aromatic heterocycles. The number of fused-ring (bicyclic) bond motifs is 1. The molecule has 0 aliphatic heterocycles. The van der Waals surface area contributed by atoms with Gasteiger partial charge >= 0.3 is 5.63 Å². The molecule has 0 aliphatic carbocycles. The van der Waals surface area contributed by atoms with Gasteiger partial charge in [-0.3, -0.25) is 0 Å². The molecule has 3 nitrogen and oxygen atoms in total. The van der Waals surface area contributed by atoms with Crippen LogP contribution in [0, 0.1) is 0 Å². The van der Waals surface area contributed by atoms with Crippen molar-refractivity contribution in [2.75, 3.05) is 0 Å². The molecule has 3 rings (SSSR count). The van der Waals surface area contributed by atoms with Crippen molar-refractivity contribution in [1.82, 2.24) is 0 Å². The van der Waals surface area contributed by atoms with Crippen LogP contribution in [-0.2, 0) is 0 Å². The third-order valence-electron chi connectivity index (χ3n) is 2.83. The van der Waals surface area contributed by atoms with Crippen LogP contribution in [-0.4, -0.2) is 0 Å². The summed E-state index contributed by atoms with van der Waals surface area (Å²) in [5.74, 6) is -0.284. The molecule has 0 radical (unpaired) electrons. The first kappa shape index (κ1) is 10.6. The highest BCUT2D eigenvalue weighted by molar-refractivity contribution is 5.89. The summed E-state index contributed by atoms with van der Waals surface area (Å²) < 4.78 is 5.17. The minimum atomic E-state index is -0.593. The number of rotatable bonds is 1. The second kappa shape index (κ2) is 4.04. The molecule has 3 heteroatoms. The van der Waals surface area contributed by atoms with Gasteiger partial charge in [0.15, 0.2) is 0 Å². The summed E-state index contributed by atoms with van der Waals surface area (Å²) >= 11 is 0. The molecule has 0 fully saturated rings. The van der Waals surface area contributed by atoms with Crippen molar-refractivity contribution in [3.8, 4) is 16.9 Å². The Hall–Kier alpha value is -2.55. The van der Waals surface area contributed by atoms with Crippen molar-refractivity contribution in [3.63, 3.8) is 0 Å².